The molecule has 35 heavy (non-hydrogen) atoms. The van der Waals surface area contributed by atoms with Gasteiger partial charge in [-0.05, 0) is 31.9 Å². The van der Waals surface area contributed by atoms with Gasteiger partial charge in [0.2, 0.25) is 12.7 Å². The van der Waals surface area contributed by atoms with Gasteiger partial charge in [-0.3, -0.25) is 23.3 Å². The molecular formula is C24H26N6O5. The highest BCUT2D eigenvalue weighted by Crippen LogP contribution is 2.35. The van der Waals surface area contributed by atoms with Crippen LogP contribution in [0.3, 0.4) is 0 Å². The molecule has 0 amide bonds. The zero-order chi connectivity index (χ0) is 24.7. The van der Waals surface area contributed by atoms with Gasteiger partial charge in [0.1, 0.15) is 0 Å². The van der Waals surface area contributed by atoms with Crippen LogP contribution in [0.2, 0.25) is 0 Å². The van der Waals surface area contributed by atoms with Gasteiger partial charge in [-0.15, -0.1) is 5.92 Å². The number of hydrogen-bond acceptors (Lipinski definition) is 8. The largest absolute Gasteiger partial charge is 0.454 e. The summed E-state index contributed by atoms with van der Waals surface area (Å²) in [7, 11) is 1.54. The summed E-state index contributed by atoms with van der Waals surface area (Å²) in [5.41, 5.74) is 5.66. The summed E-state index contributed by atoms with van der Waals surface area (Å²) >= 11 is 0. The number of piperidine rings is 1. The average molecular weight is 479 g/mol. The minimum atomic E-state index is -0.631. The Bertz CT molecular complexity index is 1510. The van der Waals surface area contributed by atoms with Gasteiger partial charge < -0.3 is 20.1 Å². The number of anilines is 1. The number of Topliss-reactive ketones (excluding diaryl/α,β-unsaturated/α-hetero) is 1. The maximum atomic E-state index is 13.6. The number of benzene rings is 1. The van der Waals surface area contributed by atoms with Crippen molar-refractivity contribution in [2.75, 3.05) is 24.8 Å². The van der Waals surface area contributed by atoms with Crippen molar-refractivity contribution >= 4 is 22.9 Å². The van der Waals surface area contributed by atoms with E-state index in [1.54, 1.807) is 29.7 Å². The highest BCUT2D eigenvalue weighted by Gasteiger charge is 2.28. The van der Waals surface area contributed by atoms with E-state index in [1.807, 2.05) is 4.90 Å². The molecule has 0 bridgehead atoms. The Labute approximate surface area is 200 Å². The monoisotopic (exact) mass is 478 g/mol. The summed E-state index contributed by atoms with van der Waals surface area (Å²) in [6, 6.07) is 4.94. The number of rotatable bonds is 5. The summed E-state index contributed by atoms with van der Waals surface area (Å²) in [5, 5.41) is 0. The van der Waals surface area contributed by atoms with Gasteiger partial charge in [-0.1, -0.05) is 12.0 Å². The second-order valence-corrected chi connectivity index (χ2v) is 8.64. The van der Waals surface area contributed by atoms with Crippen molar-refractivity contribution in [2.45, 2.75) is 38.9 Å². The van der Waals surface area contributed by atoms with Gasteiger partial charge in [-0.25, -0.2) is 4.79 Å². The smallest absolute Gasteiger partial charge is 0.332 e. The normalized spacial score (nSPS) is 16.9. The van der Waals surface area contributed by atoms with Crippen molar-refractivity contribution < 1.29 is 14.3 Å². The summed E-state index contributed by atoms with van der Waals surface area (Å²) in [6.07, 6.45) is 1.81. The lowest BCUT2D eigenvalue weighted by atomic mass is 10.1. The molecule has 1 saturated heterocycles. The fourth-order valence-corrected chi connectivity index (χ4v) is 4.62. The van der Waals surface area contributed by atoms with Crippen LogP contribution in [0.4, 0.5) is 5.95 Å². The zero-order valence-electron chi connectivity index (χ0n) is 19.6. The van der Waals surface area contributed by atoms with Crippen LogP contribution < -0.4 is 31.4 Å². The van der Waals surface area contributed by atoms with Crippen molar-refractivity contribution in [3.63, 3.8) is 0 Å². The number of carbonyl (C=O) groups excluding carboxylic acids is 1. The molecule has 0 saturated carbocycles. The summed E-state index contributed by atoms with van der Waals surface area (Å²) < 4.78 is 14.7. The third-order valence-corrected chi connectivity index (χ3v) is 6.37. The maximum Gasteiger partial charge on any atom is 0.332 e. The van der Waals surface area contributed by atoms with Gasteiger partial charge in [0, 0.05) is 26.2 Å². The summed E-state index contributed by atoms with van der Waals surface area (Å²) in [5.74, 6) is 6.71. The first-order valence-corrected chi connectivity index (χ1v) is 11.4. The molecule has 1 fully saturated rings. The first-order chi connectivity index (χ1) is 16.9. The predicted octanol–water partition coefficient (Wildman–Crippen LogP) is 0.459. The molecule has 1 unspecified atom stereocenters. The number of nitrogens with zero attached hydrogens (tertiary/aromatic N) is 5. The van der Waals surface area contributed by atoms with Gasteiger partial charge in [-0.2, -0.15) is 4.98 Å². The Morgan fingerprint density at radius 2 is 2.09 bits per heavy atom. The van der Waals surface area contributed by atoms with E-state index < -0.39 is 23.6 Å². The maximum absolute atomic E-state index is 13.6. The Hall–Kier alpha value is -4.04. The quantitative estimate of drug-likeness (QED) is 0.414. The molecule has 2 N–H and O–H groups in total. The molecule has 2 aromatic heterocycles. The first kappa shape index (κ1) is 22.7. The lowest BCUT2D eigenvalue weighted by Gasteiger charge is -2.31. The lowest BCUT2D eigenvalue weighted by molar-refractivity contribution is 0.0964. The van der Waals surface area contributed by atoms with Crippen LogP contribution in [0, 0.1) is 11.8 Å². The van der Waals surface area contributed by atoms with Crippen LogP contribution in [0.5, 0.6) is 11.5 Å². The van der Waals surface area contributed by atoms with Crippen molar-refractivity contribution in [3.8, 4) is 23.3 Å². The van der Waals surface area contributed by atoms with E-state index in [2.05, 4.69) is 16.8 Å². The van der Waals surface area contributed by atoms with Crippen molar-refractivity contribution in [1.29, 1.82) is 0 Å². The second-order valence-electron chi connectivity index (χ2n) is 8.64. The third-order valence-electron chi connectivity index (χ3n) is 6.37. The number of carbonyl (C=O) groups is 1. The minimum absolute atomic E-state index is 0.00782. The zero-order valence-corrected chi connectivity index (χ0v) is 19.6. The lowest BCUT2D eigenvalue weighted by Crippen LogP contribution is -2.44. The fourth-order valence-electron chi connectivity index (χ4n) is 4.62. The highest BCUT2D eigenvalue weighted by molar-refractivity contribution is 5.99. The summed E-state index contributed by atoms with van der Waals surface area (Å²) in [6.45, 7) is 2.81. The topological polar surface area (TPSA) is 127 Å². The first-order valence-electron chi connectivity index (χ1n) is 11.4. The van der Waals surface area contributed by atoms with Crippen LogP contribution in [0.25, 0.3) is 11.2 Å². The van der Waals surface area contributed by atoms with E-state index in [9.17, 15) is 14.4 Å². The molecule has 3 aromatic rings. The number of hydrogen-bond donors (Lipinski definition) is 1. The Morgan fingerprint density at radius 1 is 1.26 bits per heavy atom. The van der Waals surface area contributed by atoms with Gasteiger partial charge in [0.05, 0.1) is 18.7 Å². The van der Waals surface area contributed by atoms with E-state index in [-0.39, 0.29) is 36.1 Å². The van der Waals surface area contributed by atoms with Crippen molar-refractivity contribution in [1.82, 2.24) is 18.7 Å². The fraction of sp³-hybridized carbons (Fsp3) is 0.417. The van der Waals surface area contributed by atoms with E-state index in [1.165, 1.54) is 11.6 Å². The number of imidazole rings is 1. The van der Waals surface area contributed by atoms with E-state index in [0.717, 1.165) is 24.0 Å². The molecule has 1 aromatic carbocycles. The number of ketones is 1. The van der Waals surface area contributed by atoms with E-state index >= 15 is 0 Å². The molecule has 11 heteroatoms. The number of aryl methyl sites for hydroxylation is 1. The Balaban J connectivity index is 1.64. The number of nitrogens with two attached hydrogens (primary N) is 1. The van der Waals surface area contributed by atoms with Crippen LogP contribution in [0.15, 0.2) is 27.8 Å². The molecule has 0 spiro atoms. The average Bonchev–Trinajstić information content (AvgIpc) is 3.49. The molecule has 1 atom stereocenters. The van der Waals surface area contributed by atoms with Gasteiger partial charge >= 0.3 is 5.69 Å². The number of ether oxygens (including phenoxy) is 2. The highest BCUT2D eigenvalue weighted by atomic mass is 16.7. The van der Waals surface area contributed by atoms with Gasteiger partial charge in [0.15, 0.2) is 28.4 Å². The molecule has 2 aliphatic heterocycles. The minimum Gasteiger partial charge on any atom is -0.454 e. The van der Waals surface area contributed by atoms with E-state index in [4.69, 9.17) is 15.2 Å². The Kier molecular flexibility index (Phi) is 5.82. The van der Waals surface area contributed by atoms with Crippen LogP contribution in [0.1, 0.15) is 30.1 Å². The number of aromatic nitrogens is 4. The van der Waals surface area contributed by atoms with Crippen LogP contribution in [-0.2, 0) is 20.1 Å². The van der Waals surface area contributed by atoms with Crippen LogP contribution in [-0.4, -0.2) is 50.4 Å². The Morgan fingerprint density at radius 3 is 2.86 bits per heavy atom. The summed E-state index contributed by atoms with van der Waals surface area (Å²) in [4.78, 5) is 46.7. The van der Waals surface area contributed by atoms with Crippen LogP contribution >= 0.6 is 0 Å². The van der Waals surface area contributed by atoms with Gasteiger partial charge in [0.25, 0.3) is 5.56 Å². The molecule has 11 nitrogen and oxygen atoms in total. The molecule has 5 rings (SSSR count). The molecule has 4 heterocycles. The van der Waals surface area contributed by atoms with E-state index in [0.29, 0.717) is 24.0 Å². The number of para-hydroxylation sites is 1. The van der Waals surface area contributed by atoms with Crippen molar-refractivity contribution in [2.24, 2.45) is 12.8 Å². The molecule has 0 aliphatic carbocycles. The predicted molar refractivity (Wildman–Crippen MR) is 129 cm³/mol. The third kappa shape index (κ3) is 3.85. The second kappa shape index (κ2) is 8.96. The number of fused-ring (bicyclic) bond motifs is 2. The molecular weight excluding hydrogens is 452 g/mol. The molecule has 0 radical (unpaired) electrons. The molecule has 182 valence electrons. The van der Waals surface area contributed by atoms with Crippen molar-refractivity contribution in [3.05, 3.63) is 44.6 Å². The molecule has 2 aliphatic rings. The SMILES string of the molecule is CC#CCn1c(N2CCCC(N)C2)nc2c1c(=O)n(CC(=O)c1cccc3c1OCO3)c(=O)n2C. The standard InChI is InChI=1S/C24H26N6O5/c1-3-4-11-29-19-21(26-23(29)28-10-6-7-15(25)12-28)27(2)24(33)30(22(19)32)13-17(31)16-8-5-9-18-20(16)35-14-34-18/h5,8-9,15H,6-7,10-14,25H2,1-2H3.